The van der Waals surface area contributed by atoms with Crippen LogP contribution in [0.2, 0.25) is 0 Å². The second-order valence-corrected chi connectivity index (χ2v) is 4.54. The molecule has 0 heterocycles. The van der Waals surface area contributed by atoms with Crippen molar-refractivity contribution in [1.29, 1.82) is 0 Å². The summed E-state index contributed by atoms with van der Waals surface area (Å²) in [5.41, 5.74) is 3.96. The SMILES string of the molecule is CO/N=C1\CCCC1Cc1ccc(C)cc1. The minimum atomic E-state index is 0.586. The summed E-state index contributed by atoms with van der Waals surface area (Å²) in [7, 11) is 1.63. The van der Waals surface area contributed by atoms with Gasteiger partial charge in [-0.25, -0.2) is 0 Å². The molecule has 0 N–H and O–H groups in total. The highest BCUT2D eigenvalue weighted by molar-refractivity contribution is 5.88. The van der Waals surface area contributed by atoms with E-state index >= 15 is 0 Å². The zero-order chi connectivity index (χ0) is 11.4. The Morgan fingerprint density at radius 1 is 1.31 bits per heavy atom. The maximum atomic E-state index is 4.90. The van der Waals surface area contributed by atoms with Crippen LogP contribution in [0.25, 0.3) is 0 Å². The molecule has 0 amide bonds. The first-order valence-electron chi connectivity index (χ1n) is 5.95. The molecule has 2 rings (SSSR count). The predicted octanol–water partition coefficient (Wildman–Crippen LogP) is 3.34. The highest BCUT2D eigenvalue weighted by Crippen LogP contribution is 2.26. The second-order valence-electron chi connectivity index (χ2n) is 4.54. The van der Waals surface area contributed by atoms with Crippen LogP contribution in [0.3, 0.4) is 0 Å². The van der Waals surface area contributed by atoms with Gasteiger partial charge in [0.25, 0.3) is 0 Å². The molecular weight excluding hydrogens is 198 g/mol. The molecule has 1 saturated carbocycles. The van der Waals surface area contributed by atoms with E-state index < -0.39 is 0 Å². The fourth-order valence-electron chi connectivity index (χ4n) is 2.37. The molecular formula is C14H19NO. The van der Waals surface area contributed by atoms with Gasteiger partial charge in [0.05, 0.1) is 5.71 Å². The molecule has 0 radical (unpaired) electrons. The molecule has 0 aromatic heterocycles. The number of hydrogen-bond acceptors (Lipinski definition) is 2. The normalized spacial score (nSPS) is 22.6. The van der Waals surface area contributed by atoms with E-state index in [2.05, 4.69) is 36.3 Å². The third-order valence-electron chi connectivity index (χ3n) is 3.27. The summed E-state index contributed by atoms with van der Waals surface area (Å²) in [5, 5.41) is 4.14. The van der Waals surface area contributed by atoms with Gasteiger partial charge in [0.2, 0.25) is 0 Å². The molecule has 0 aliphatic heterocycles. The fraction of sp³-hybridized carbons (Fsp3) is 0.500. The quantitative estimate of drug-likeness (QED) is 0.711. The Balaban J connectivity index is 2.04. The molecule has 16 heavy (non-hydrogen) atoms. The van der Waals surface area contributed by atoms with E-state index in [1.165, 1.54) is 29.7 Å². The maximum absolute atomic E-state index is 4.90. The fourth-order valence-corrected chi connectivity index (χ4v) is 2.37. The summed E-state index contributed by atoms with van der Waals surface area (Å²) in [6.07, 6.45) is 4.70. The molecule has 2 heteroatoms. The number of nitrogens with zero attached hydrogens (tertiary/aromatic N) is 1. The van der Waals surface area contributed by atoms with E-state index in [1.54, 1.807) is 7.11 Å². The Morgan fingerprint density at radius 3 is 2.75 bits per heavy atom. The van der Waals surface area contributed by atoms with Crippen molar-refractivity contribution in [1.82, 2.24) is 0 Å². The molecule has 1 aromatic rings. The number of benzene rings is 1. The zero-order valence-corrected chi connectivity index (χ0v) is 10.1. The highest BCUT2D eigenvalue weighted by atomic mass is 16.6. The van der Waals surface area contributed by atoms with Gasteiger partial charge in [-0.05, 0) is 38.2 Å². The van der Waals surface area contributed by atoms with Crippen molar-refractivity contribution in [3.63, 3.8) is 0 Å². The first kappa shape index (κ1) is 11.2. The molecule has 1 fully saturated rings. The Morgan fingerprint density at radius 2 is 2.06 bits per heavy atom. The van der Waals surface area contributed by atoms with Crippen molar-refractivity contribution in [3.8, 4) is 0 Å². The lowest BCUT2D eigenvalue weighted by Crippen LogP contribution is -2.10. The van der Waals surface area contributed by atoms with Crippen LogP contribution in [0, 0.1) is 12.8 Å². The molecule has 1 aromatic carbocycles. The van der Waals surface area contributed by atoms with Crippen LogP contribution in [0.1, 0.15) is 30.4 Å². The largest absolute Gasteiger partial charge is 0.399 e. The summed E-state index contributed by atoms with van der Waals surface area (Å²) in [6, 6.07) is 8.80. The van der Waals surface area contributed by atoms with Crippen LogP contribution < -0.4 is 0 Å². The van der Waals surface area contributed by atoms with Gasteiger partial charge < -0.3 is 4.84 Å². The molecule has 86 valence electrons. The van der Waals surface area contributed by atoms with Gasteiger partial charge in [0.15, 0.2) is 0 Å². The van der Waals surface area contributed by atoms with Gasteiger partial charge in [0.1, 0.15) is 7.11 Å². The van der Waals surface area contributed by atoms with Gasteiger partial charge in [-0.3, -0.25) is 0 Å². The summed E-state index contributed by atoms with van der Waals surface area (Å²) in [5.74, 6) is 0.586. The van der Waals surface area contributed by atoms with Crippen LogP contribution in [0.5, 0.6) is 0 Å². The molecule has 1 unspecified atom stereocenters. The average molecular weight is 217 g/mol. The third kappa shape index (κ3) is 2.63. The van der Waals surface area contributed by atoms with Crippen molar-refractivity contribution in [2.75, 3.05) is 7.11 Å². The molecule has 0 bridgehead atoms. The van der Waals surface area contributed by atoms with Crippen molar-refractivity contribution in [2.45, 2.75) is 32.6 Å². The highest BCUT2D eigenvalue weighted by Gasteiger charge is 2.23. The van der Waals surface area contributed by atoms with Crippen LogP contribution in [0.4, 0.5) is 0 Å². The second kappa shape index (κ2) is 5.15. The van der Waals surface area contributed by atoms with E-state index in [0.717, 1.165) is 12.8 Å². The van der Waals surface area contributed by atoms with Crippen LogP contribution in [-0.4, -0.2) is 12.8 Å². The van der Waals surface area contributed by atoms with Crippen LogP contribution in [0.15, 0.2) is 29.4 Å². The van der Waals surface area contributed by atoms with E-state index in [-0.39, 0.29) is 0 Å². The lowest BCUT2D eigenvalue weighted by atomic mass is 9.96. The molecule has 2 nitrogen and oxygen atoms in total. The average Bonchev–Trinajstić information content (AvgIpc) is 2.70. The van der Waals surface area contributed by atoms with Crippen molar-refractivity contribution < 1.29 is 4.84 Å². The lowest BCUT2D eigenvalue weighted by molar-refractivity contribution is 0.211. The summed E-state index contributed by atoms with van der Waals surface area (Å²) >= 11 is 0. The predicted molar refractivity (Wildman–Crippen MR) is 66.7 cm³/mol. The first-order valence-corrected chi connectivity index (χ1v) is 5.95. The van der Waals surface area contributed by atoms with Crippen molar-refractivity contribution >= 4 is 5.71 Å². The Hall–Kier alpha value is -1.31. The zero-order valence-electron chi connectivity index (χ0n) is 10.1. The van der Waals surface area contributed by atoms with Gasteiger partial charge >= 0.3 is 0 Å². The van der Waals surface area contributed by atoms with Gasteiger partial charge in [-0.15, -0.1) is 0 Å². The van der Waals surface area contributed by atoms with E-state index in [4.69, 9.17) is 4.84 Å². The summed E-state index contributed by atoms with van der Waals surface area (Å²) < 4.78 is 0. The van der Waals surface area contributed by atoms with Crippen LogP contribution in [-0.2, 0) is 11.3 Å². The van der Waals surface area contributed by atoms with Crippen molar-refractivity contribution in [3.05, 3.63) is 35.4 Å². The topological polar surface area (TPSA) is 21.6 Å². The first-order chi connectivity index (χ1) is 7.79. The van der Waals surface area contributed by atoms with Gasteiger partial charge in [0, 0.05) is 5.92 Å². The molecule has 1 atom stereocenters. The minimum Gasteiger partial charge on any atom is -0.399 e. The lowest BCUT2D eigenvalue weighted by Gasteiger charge is -2.10. The van der Waals surface area contributed by atoms with E-state index in [0.29, 0.717) is 5.92 Å². The Bertz CT molecular complexity index is 367. The number of rotatable bonds is 3. The van der Waals surface area contributed by atoms with E-state index in [1.807, 2.05) is 0 Å². The number of hydrogen-bond donors (Lipinski definition) is 0. The van der Waals surface area contributed by atoms with Gasteiger partial charge in [-0.1, -0.05) is 35.0 Å². The molecule has 1 aliphatic carbocycles. The summed E-state index contributed by atoms with van der Waals surface area (Å²) in [4.78, 5) is 4.90. The minimum absolute atomic E-state index is 0.586. The molecule has 0 saturated heterocycles. The number of aryl methyl sites for hydroxylation is 1. The van der Waals surface area contributed by atoms with Crippen LogP contribution >= 0.6 is 0 Å². The van der Waals surface area contributed by atoms with E-state index in [9.17, 15) is 0 Å². The van der Waals surface area contributed by atoms with Gasteiger partial charge in [-0.2, -0.15) is 0 Å². The number of oxime groups is 1. The monoisotopic (exact) mass is 217 g/mol. The Labute approximate surface area is 97.3 Å². The van der Waals surface area contributed by atoms with Crippen molar-refractivity contribution in [2.24, 2.45) is 11.1 Å². The smallest absolute Gasteiger partial charge is 0.106 e. The summed E-state index contributed by atoms with van der Waals surface area (Å²) in [6.45, 7) is 2.12. The molecule has 0 spiro atoms. The standard InChI is InChI=1S/C14H19NO/c1-11-6-8-12(9-7-11)10-13-4-3-5-14(13)15-16-2/h6-9,13H,3-5,10H2,1-2H3/b15-14+. The molecule has 1 aliphatic rings. The maximum Gasteiger partial charge on any atom is 0.106 e. The third-order valence-corrected chi connectivity index (χ3v) is 3.27. The Kier molecular flexibility index (Phi) is 3.60.